The number of H-pyrrole nitrogens is 1. The molecule has 172 valence electrons. The van der Waals surface area contributed by atoms with Crippen LogP contribution in [-0.2, 0) is 16.0 Å². The molecule has 2 heterocycles. The Hall–Kier alpha value is -2.22. The van der Waals surface area contributed by atoms with E-state index in [-0.39, 0.29) is 24.2 Å². The third-order valence-corrected chi connectivity index (χ3v) is 8.48. The number of aromatic nitrogens is 3. The summed E-state index contributed by atoms with van der Waals surface area (Å²) in [4.78, 5) is 29.5. The normalized spacial score (nSPS) is 26.7. The van der Waals surface area contributed by atoms with Gasteiger partial charge in [-0.2, -0.15) is 5.10 Å². The molecule has 0 spiro atoms. The number of ether oxygens (including phenoxy) is 1. The van der Waals surface area contributed by atoms with Crippen molar-refractivity contribution >= 4 is 27.6 Å². The number of pyridine rings is 1. The van der Waals surface area contributed by atoms with Crippen LogP contribution in [0, 0.1) is 23.2 Å². The van der Waals surface area contributed by atoms with Gasteiger partial charge in [-0.25, -0.2) is 5.10 Å². The average Bonchev–Trinajstić information content (AvgIpc) is 2.77. The zero-order valence-electron chi connectivity index (χ0n) is 19.0. The first-order valence-corrected chi connectivity index (χ1v) is 12.1. The van der Waals surface area contributed by atoms with Crippen molar-refractivity contribution in [2.24, 2.45) is 23.2 Å². The molecule has 3 fully saturated rings. The highest BCUT2D eigenvalue weighted by molar-refractivity contribution is 9.10. The molecular weight excluding hydrogens is 472 g/mol. The molecule has 2 N–H and O–H groups in total. The molecule has 7 nitrogen and oxygen atoms in total. The minimum absolute atomic E-state index is 0.217. The monoisotopic (exact) mass is 502 g/mol. The highest BCUT2D eigenvalue weighted by Gasteiger charge is 2.56. The SMILES string of the molecule is CCOC(=O)C(Cc1ccncc1)c1n[nH]c(=O)c(Br)c1N[C@@H]1C[C@@H]2C[C@H]([C@H]1C)C2(C)C. The van der Waals surface area contributed by atoms with Gasteiger partial charge in [-0.15, -0.1) is 0 Å². The van der Waals surface area contributed by atoms with E-state index in [4.69, 9.17) is 4.74 Å². The summed E-state index contributed by atoms with van der Waals surface area (Å²) in [6.45, 7) is 9.07. The molecule has 2 aromatic rings. The Balaban J connectivity index is 1.69. The maximum absolute atomic E-state index is 13.0. The second-order valence-corrected chi connectivity index (χ2v) is 10.5. The maximum atomic E-state index is 13.0. The summed E-state index contributed by atoms with van der Waals surface area (Å²) in [6, 6.07) is 3.96. The largest absolute Gasteiger partial charge is 0.465 e. The second-order valence-electron chi connectivity index (χ2n) is 9.70. The summed E-state index contributed by atoms with van der Waals surface area (Å²) in [6.07, 6.45) is 6.11. The quantitative estimate of drug-likeness (QED) is 0.547. The van der Waals surface area contributed by atoms with Crippen LogP contribution in [0.4, 0.5) is 5.69 Å². The molecular formula is C24H31BrN4O3. The summed E-state index contributed by atoms with van der Waals surface area (Å²) >= 11 is 3.46. The van der Waals surface area contributed by atoms with Crippen molar-refractivity contribution in [3.8, 4) is 0 Å². The molecule has 32 heavy (non-hydrogen) atoms. The third kappa shape index (κ3) is 4.09. The fourth-order valence-corrected chi connectivity index (χ4v) is 6.05. The second kappa shape index (κ2) is 8.96. The molecule has 8 heteroatoms. The highest BCUT2D eigenvalue weighted by Crippen LogP contribution is 2.61. The third-order valence-electron chi connectivity index (χ3n) is 7.73. The molecule has 2 aromatic heterocycles. The van der Waals surface area contributed by atoms with Crippen LogP contribution >= 0.6 is 15.9 Å². The van der Waals surface area contributed by atoms with E-state index < -0.39 is 5.92 Å². The number of anilines is 1. The van der Waals surface area contributed by atoms with Crippen molar-refractivity contribution in [2.75, 3.05) is 11.9 Å². The van der Waals surface area contributed by atoms with Gasteiger partial charge in [0.15, 0.2) is 0 Å². The molecule has 0 amide bonds. The van der Waals surface area contributed by atoms with Crippen LogP contribution in [0.1, 0.15) is 57.7 Å². The summed E-state index contributed by atoms with van der Waals surface area (Å²) in [5.41, 5.74) is 2.08. The minimum Gasteiger partial charge on any atom is -0.465 e. The van der Waals surface area contributed by atoms with Gasteiger partial charge in [0.05, 0.1) is 18.0 Å². The molecule has 3 aliphatic rings. The average molecular weight is 503 g/mol. The Morgan fingerprint density at radius 3 is 2.69 bits per heavy atom. The predicted molar refractivity (Wildman–Crippen MR) is 126 cm³/mol. The van der Waals surface area contributed by atoms with E-state index in [1.54, 1.807) is 19.3 Å². The Kier molecular flexibility index (Phi) is 6.43. The number of nitrogens with one attached hydrogen (secondary N) is 2. The number of nitrogens with zero attached hydrogens (tertiary/aromatic N) is 2. The lowest BCUT2D eigenvalue weighted by Crippen LogP contribution is -2.58. The Labute approximate surface area is 196 Å². The predicted octanol–water partition coefficient (Wildman–Crippen LogP) is 4.30. The van der Waals surface area contributed by atoms with E-state index in [1.807, 2.05) is 12.1 Å². The number of fused-ring (bicyclic) bond motifs is 2. The smallest absolute Gasteiger partial charge is 0.315 e. The van der Waals surface area contributed by atoms with E-state index in [0.717, 1.165) is 12.0 Å². The molecule has 1 unspecified atom stereocenters. The Morgan fingerprint density at radius 1 is 1.34 bits per heavy atom. The maximum Gasteiger partial charge on any atom is 0.315 e. The van der Waals surface area contributed by atoms with E-state index >= 15 is 0 Å². The zero-order chi connectivity index (χ0) is 23.0. The molecule has 3 saturated carbocycles. The molecule has 0 radical (unpaired) electrons. The van der Waals surface area contributed by atoms with Gasteiger partial charge in [0, 0.05) is 18.4 Å². The van der Waals surface area contributed by atoms with Crippen molar-refractivity contribution in [1.82, 2.24) is 15.2 Å². The number of hydrogen-bond donors (Lipinski definition) is 2. The first-order chi connectivity index (χ1) is 15.2. The van der Waals surface area contributed by atoms with Gasteiger partial charge in [0.25, 0.3) is 5.56 Å². The summed E-state index contributed by atoms with van der Waals surface area (Å²) in [7, 11) is 0. The van der Waals surface area contributed by atoms with E-state index in [9.17, 15) is 9.59 Å². The van der Waals surface area contributed by atoms with Gasteiger partial charge in [-0.1, -0.05) is 20.8 Å². The molecule has 2 bridgehead atoms. The van der Waals surface area contributed by atoms with Gasteiger partial charge < -0.3 is 10.1 Å². The van der Waals surface area contributed by atoms with Crippen molar-refractivity contribution in [3.05, 3.63) is 50.6 Å². The van der Waals surface area contributed by atoms with Crippen molar-refractivity contribution in [1.29, 1.82) is 0 Å². The summed E-state index contributed by atoms with van der Waals surface area (Å²) in [5, 5.41) is 10.5. The van der Waals surface area contributed by atoms with Crippen LogP contribution in [0.3, 0.4) is 0 Å². The zero-order valence-corrected chi connectivity index (χ0v) is 20.6. The first kappa shape index (κ1) is 23.0. The van der Waals surface area contributed by atoms with E-state index in [0.29, 0.717) is 45.4 Å². The molecule has 0 aromatic carbocycles. The Morgan fingerprint density at radius 2 is 2.06 bits per heavy atom. The van der Waals surface area contributed by atoms with Crippen LogP contribution < -0.4 is 10.9 Å². The lowest BCUT2D eigenvalue weighted by Gasteiger charge is -2.62. The molecule has 5 rings (SSSR count). The minimum atomic E-state index is -0.655. The molecule has 3 aliphatic carbocycles. The lowest BCUT2D eigenvalue weighted by atomic mass is 9.45. The topological polar surface area (TPSA) is 97.0 Å². The van der Waals surface area contributed by atoms with Crippen LogP contribution in [-0.4, -0.2) is 33.8 Å². The van der Waals surface area contributed by atoms with E-state index in [1.165, 1.54) is 6.42 Å². The Bertz CT molecular complexity index is 1040. The van der Waals surface area contributed by atoms with Crippen LogP contribution in [0.2, 0.25) is 0 Å². The van der Waals surface area contributed by atoms with Crippen molar-refractivity contribution in [2.45, 2.75) is 58.9 Å². The summed E-state index contributed by atoms with van der Waals surface area (Å²) < 4.78 is 5.76. The van der Waals surface area contributed by atoms with Crippen molar-refractivity contribution in [3.63, 3.8) is 0 Å². The standard InChI is InChI=1S/C24H31BrN4O3/c1-5-32-23(31)16(10-14-6-8-26-9-7-14)20-21(19(25)22(30)29-28-20)27-18-12-15-11-17(13(18)2)24(15,3)4/h6-9,13,15-18H,5,10-12H2,1-4H3,(H2,27,29,30)/t13-,15+,16?,17-,18-/m1/s1. The molecule has 5 atom stereocenters. The number of aromatic amines is 1. The highest BCUT2D eigenvalue weighted by atomic mass is 79.9. The lowest BCUT2D eigenvalue weighted by molar-refractivity contribution is -0.145. The van der Waals surface area contributed by atoms with Crippen molar-refractivity contribution < 1.29 is 9.53 Å². The number of hydrogen-bond acceptors (Lipinski definition) is 6. The van der Waals surface area contributed by atoms with Gasteiger partial charge in [0.2, 0.25) is 0 Å². The number of halogens is 1. The summed E-state index contributed by atoms with van der Waals surface area (Å²) in [5.74, 6) is 0.747. The van der Waals surface area contributed by atoms with Gasteiger partial charge in [0.1, 0.15) is 10.4 Å². The first-order valence-electron chi connectivity index (χ1n) is 11.3. The number of carbonyl (C=O) groups excluding carboxylic acids is 1. The van der Waals surface area contributed by atoms with Gasteiger partial charge in [-0.05, 0) is 83.0 Å². The van der Waals surface area contributed by atoms with E-state index in [2.05, 4.69) is 57.2 Å². The number of rotatable bonds is 7. The van der Waals surface area contributed by atoms with Gasteiger partial charge in [-0.3, -0.25) is 14.6 Å². The number of carbonyl (C=O) groups is 1. The fourth-order valence-electron chi connectivity index (χ4n) is 5.65. The number of esters is 1. The van der Waals surface area contributed by atoms with Gasteiger partial charge >= 0.3 is 5.97 Å². The van der Waals surface area contributed by atoms with Crippen LogP contribution in [0.25, 0.3) is 0 Å². The van der Waals surface area contributed by atoms with Crippen LogP contribution in [0.15, 0.2) is 33.8 Å². The molecule has 0 saturated heterocycles. The van der Waals surface area contributed by atoms with Crippen LogP contribution in [0.5, 0.6) is 0 Å². The fraction of sp³-hybridized carbons (Fsp3) is 0.583. The molecule has 0 aliphatic heterocycles.